The van der Waals surface area contributed by atoms with Crippen molar-refractivity contribution < 1.29 is 14.3 Å². The number of ether oxygens (including phenoxy) is 1. The van der Waals surface area contributed by atoms with Gasteiger partial charge in [-0.2, -0.15) is 0 Å². The lowest BCUT2D eigenvalue weighted by atomic mass is 10.2. The Bertz CT molecular complexity index is 469. The van der Waals surface area contributed by atoms with Crippen molar-refractivity contribution in [1.29, 1.82) is 0 Å². The van der Waals surface area contributed by atoms with Gasteiger partial charge in [0.25, 0.3) is 5.91 Å². The molecule has 0 bridgehead atoms. The minimum absolute atomic E-state index is 0.198. The van der Waals surface area contributed by atoms with E-state index in [4.69, 9.17) is 4.74 Å². The quantitative estimate of drug-likeness (QED) is 0.866. The van der Waals surface area contributed by atoms with Crippen LogP contribution in [0.1, 0.15) is 36.8 Å². The van der Waals surface area contributed by atoms with Gasteiger partial charge in [-0.25, -0.2) is 4.79 Å². The first-order chi connectivity index (χ1) is 8.81. The van der Waals surface area contributed by atoms with Gasteiger partial charge in [0.05, 0.1) is 0 Å². The molecule has 0 aliphatic heterocycles. The molecular formula is C13H17BrN2O3. The molecule has 2 amide bonds. The average molecular weight is 329 g/mol. The Kier molecular flexibility index (Phi) is 5.47. The van der Waals surface area contributed by atoms with Crippen LogP contribution in [-0.2, 0) is 11.2 Å². The lowest BCUT2D eigenvalue weighted by molar-refractivity contribution is 0.0507. The maximum absolute atomic E-state index is 11.8. The average Bonchev–Trinajstić information content (AvgIpc) is 2.27. The molecule has 104 valence electrons. The van der Waals surface area contributed by atoms with Crippen molar-refractivity contribution in [2.75, 3.05) is 5.33 Å². The molecule has 0 aliphatic carbocycles. The molecular weight excluding hydrogens is 312 g/mol. The molecule has 0 spiro atoms. The first-order valence-corrected chi connectivity index (χ1v) is 6.99. The summed E-state index contributed by atoms with van der Waals surface area (Å²) in [4.78, 5) is 27.2. The second-order valence-corrected chi connectivity index (χ2v) is 5.74. The van der Waals surface area contributed by atoms with E-state index in [1.54, 1.807) is 33.0 Å². The fraction of sp³-hybridized carbons (Fsp3) is 0.462. The van der Waals surface area contributed by atoms with Crippen LogP contribution in [0.15, 0.2) is 18.3 Å². The summed E-state index contributed by atoms with van der Waals surface area (Å²) in [6.45, 7) is 5.18. The molecule has 1 aromatic heterocycles. The third kappa shape index (κ3) is 5.83. The van der Waals surface area contributed by atoms with Crippen molar-refractivity contribution in [3.8, 4) is 0 Å². The summed E-state index contributed by atoms with van der Waals surface area (Å²) in [6, 6.07) is 3.48. The van der Waals surface area contributed by atoms with Crippen molar-refractivity contribution in [3.63, 3.8) is 0 Å². The fourth-order valence-electron chi connectivity index (χ4n) is 1.32. The minimum atomic E-state index is -0.773. The molecule has 0 aromatic carbocycles. The lowest BCUT2D eigenvalue weighted by Gasteiger charge is -2.19. The number of aromatic nitrogens is 1. The number of nitrogens with zero attached hydrogens (tertiary/aromatic N) is 1. The molecule has 5 nitrogen and oxygen atoms in total. The molecule has 1 N–H and O–H groups in total. The van der Waals surface area contributed by atoms with Crippen LogP contribution in [0.25, 0.3) is 0 Å². The second-order valence-electron chi connectivity index (χ2n) is 4.94. The highest BCUT2D eigenvalue weighted by Gasteiger charge is 2.19. The number of amides is 2. The van der Waals surface area contributed by atoms with E-state index in [1.807, 2.05) is 6.07 Å². The predicted molar refractivity (Wildman–Crippen MR) is 75.4 cm³/mol. The smallest absolute Gasteiger partial charge is 0.414 e. The number of imide groups is 1. The molecule has 1 aromatic rings. The standard InChI is InChI=1S/C13H17BrN2O3/c1-13(2,3)19-12(18)16-11(17)10-8-9(4-6-14)5-7-15-10/h5,7-8H,4,6H2,1-3H3,(H,16,17,18). The molecule has 0 atom stereocenters. The van der Waals surface area contributed by atoms with Crippen LogP contribution in [0.5, 0.6) is 0 Å². The maximum Gasteiger partial charge on any atom is 0.414 e. The zero-order valence-electron chi connectivity index (χ0n) is 11.2. The molecule has 0 radical (unpaired) electrons. The van der Waals surface area contributed by atoms with E-state index in [1.165, 1.54) is 0 Å². The van der Waals surface area contributed by atoms with Crippen molar-refractivity contribution in [2.24, 2.45) is 0 Å². The van der Waals surface area contributed by atoms with Crippen molar-refractivity contribution in [3.05, 3.63) is 29.6 Å². The maximum atomic E-state index is 11.8. The molecule has 0 aliphatic rings. The minimum Gasteiger partial charge on any atom is -0.444 e. The van der Waals surface area contributed by atoms with Crippen molar-refractivity contribution in [2.45, 2.75) is 32.8 Å². The van der Waals surface area contributed by atoms with Gasteiger partial charge in [0, 0.05) is 11.5 Å². The van der Waals surface area contributed by atoms with E-state index >= 15 is 0 Å². The molecule has 0 unspecified atom stereocenters. The lowest BCUT2D eigenvalue weighted by Crippen LogP contribution is -2.36. The van der Waals surface area contributed by atoms with Crippen LogP contribution in [0.4, 0.5) is 4.79 Å². The van der Waals surface area contributed by atoms with Crippen LogP contribution < -0.4 is 5.32 Å². The van der Waals surface area contributed by atoms with Gasteiger partial charge in [-0.05, 0) is 44.9 Å². The number of carbonyl (C=O) groups is 2. The molecule has 19 heavy (non-hydrogen) atoms. The predicted octanol–water partition coefficient (Wildman–Crippen LogP) is 2.68. The van der Waals surface area contributed by atoms with Gasteiger partial charge in [0.2, 0.25) is 0 Å². The Morgan fingerprint density at radius 1 is 1.42 bits per heavy atom. The first kappa shape index (κ1) is 15.6. The number of nitrogens with one attached hydrogen (secondary N) is 1. The highest BCUT2D eigenvalue weighted by molar-refractivity contribution is 9.09. The molecule has 6 heteroatoms. The van der Waals surface area contributed by atoms with E-state index in [2.05, 4.69) is 26.2 Å². The summed E-state index contributed by atoms with van der Waals surface area (Å²) in [5.41, 5.74) is 0.529. The molecule has 0 fully saturated rings. The van der Waals surface area contributed by atoms with Crippen LogP contribution in [0.3, 0.4) is 0 Å². The van der Waals surface area contributed by atoms with Crippen LogP contribution >= 0.6 is 15.9 Å². The van der Waals surface area contributed by atoms with E-state index in [0.29, 0.717) is 0 Å². The Hall–Kier alpha value is -1.43. The largest absolute Gasteiger partial charge is 0.444 e. The van der Waals surface area contributed by atoms with Crippen LogP contribution in [0, 0.1) is 0 Å². The van der Waals surface area contributed by atoms with Gasteiger partial charge in [-0.3, -0.25) is 15.1 Å². The summed E-state index contributed by atoms with van der Waals surface area (Å²) in [5, 5.41) is 2.94. The Balaban J connectivity index is 2.68. The second kappa shape index (κ2) is 6.65. The Labute approximate surface area is 120 Å². The monoisotopic (exact) mass is 328 g/mol. The highest BCUT2D eigenvalue weighted by atomic mass is 79.9. The normalized spacial score (nSPS) is 10.9. The summed E-state index contributed by atoms with van der Waals surface area (Å²) in [6.07, 6.45) is 1.56. The molecule has 1 heterocycles. The summed E-state index contributed by atoms with van der Waals surface area (Å²) < 4.78 is 5.00. The third-order valence-electron chi connectivity index (χ3n) is 2.05. The van der Waals surface area contributed by atoms with E-state index < -0.39 is 17.6 Å². The Morgan fingerprint density at radius 2 is 2.11 bits per heavy atom. The van der Waals surface area contributed by atoms with Gasteiger partial charge >= 0.3 is 6.09 Å². The molecule has 1 rings (SSSR count). The summed E-state index contributed by atoms with van der Waals surface area (Å²) in [7, 11) is 0. The number of alkyl carbamates (subject to hydrolysis) is 1. The third-order valence-corrected chi connectivity index (χ3v) is 2.45. The number of hydrogen-bond donors (Lipinski definition) is 1. The zero-order chi connectivity index (χ0) is 14.5. The number of halogens is 1. The summed E-state index contributed by atoms with van der Waals surface area (Å²) >= 11 is 3.33. The fourth-order valence-corrected chi connectivity index (χ4v) is 1.78. The van der Waals surface area contributed by atoms with E-state index in [-0.39, 0.29) is 5.69 Å². The number of pyridine rings is 1. The van der Waals surface area contributed by atoms with E-state index in [0.717, 1.165) is 17.3 Å². The SMILES string of the molecule is CC(C)(C)OC(=O)NC(=O)c1cc(CCBr)ccn1. The van der Waals surface area contributed by atoms with Gasteiger partial charge in [-0.1, -0.05) is 15.9 Å². The van der Waals surface area contributed by atoms with E-state index in [9.17, 15) is 9.59 Å². The van der Waals surface area contributed by atoms with Gasteiger partial charge in [-0.15, -0.1) is 0 Å². The van der Waals surface area contributed by atoms with Crippen LogP contribution in [-0.4, -0.2) is 27.9 Å². The highest BCUT2D eigenvalue weighted by Crippen LogP contribution is 2.08. The Morgan fingerprint density at radius 3 is 2.68 bits per heavy atom. The molecule has 0 saturated heterocycles. The number of aryl methyl sites for hydroxylation is 1. The number of carbonyl (C=O) groups excluding carboxylic acids is 2. The summed E-state index contributed by atoms with van der Waals surface area (Å²) in [5.74, 6) is -0.564. The number of alkyl halides is 1. The van der Waals surface area contributed by atoms with Gasteiger partial charge in [0.15, 0.2) is 0 Å². The first-order valence-electron chi connectivity index (χ1n) is 5.87. The van der Waals surface area contributed by atoms with Crippen molar-refractivity contribution >= 4 is 27.9 Å². The van der Waals surface area contributed by atoms with Crippen LogP contribution in [0.2, 0.25) is 0 Å². The van der Waals surface area contributed by atoms with Crippen molar-refractivity contribution in [1.82, 2.24) is 10.3 Å². The zero-order valence-corrected chi connectivity index (χ0v) is 12.8. The van der Waals surface area contributed by atoms with Gasteiger partial charge < -0.3 is 4.74 Å². The topological polar surface area (TPSA) is 68.3 Å². The van der Waals surface area contributed by atoms with Gasteiger partial charge in [0.1, 0.15) is 11.3 Å². The molecule has 0 saturated carbocycles. The number of hydrogen-bond acceptors (Lipinski definition) is 4. The number of rotatable bonds is 3.